The molecule has 0 amide bonds. The lowest BCUT2D eigenvalue weighted by Crippen LogP contribution is -2.41. The fourth-order valence-corrected chi connectivity index (χ4v) is 3.45. The van der Waals surface area contributed by atoms with Gasteiger partial charge in [-0.1, -0.05) is 23.2 Å². The van der Waals surface area contributed by atoms with Crippen molar-refractivity contribution in [2.45, 2.75) is 17.4 Å². The maximum absolute atomic E-state index is 12.1. The molecular weight excluding hydrogens is 345 g/mol. The molecule has 0 saturated heterocycles. The highest BCUT2D eigenvalue weighted by Gasteiger charge is 2.25. The van der Waals surface area contributed by atoms with Crippen molar-refractivity contribution in [1.82, 2.24) is 4.72 Å². The molecule has 112 valence electrons. The number of hydrogen-bond donors (Lipinski definition) is 2. The number of nitrogens with one attached hydrogen (secondary N) is 1. The first-order chi connectivity index (χ1) is 9.27. The first kappa shape index (κ1) is 17.6. The molecule has 0 radical (unpaired) electrons. The quantitative estimate of drug-likeness (QED) is 0.782. The Morgan fingerprint density at radius 1 is 1.40 bits per heavy atom. The first-order valence-corrected chi connectivity index (χ1v) is 9.10. The van der Waals surface area contributed by atoms with Gasteiger partial charge in [0.15, 0.2) is 0 Å². The number of benzene rings is 1. The summed E-state index contributed by atoms with van der Waals surface area (Å²) in [4.78, 5) is 10.9. The number of halogens is 2. The van der Waals surface area contributed by atoms with E-state index in [-0.39, 0.29) is 21.4 Å². The standard InChI is InChI=1S/C11H13Cl2NO4S2/c1-19-5-4-10(11(15)16)14-20(17,18)7-2-3-8(12)9(13)6-7/h2-3,6,10,14H,4-5H2,1H3,(H,15,16)/t10-/m1/s1. The van der Waals surface area contributed by atoms with Crippen molar-refractivity contribution in [3.63, 3.8) is 0 Å². The predicted octanol–water partition coefficient (Wildman–Crippen LogP) is 2.48. The molecule has 9 heteroatoms. The van der Waals surface area contributed by atoms with Gasteiger partial charge in [-0.3, -0.25) is 4.79 Å². The topological polar surface area (TPSA) is 83.5 Å². The van der Waals surface area contributed by atoms with E-state index in [1.54, 1.807) is 0 Å². The molecular formula is C11H13Cl2NO4S2. The number of rotatable bonds is 7. The third-order valence-electron chi connectivity index (χ3n) is 2.41. The summed E-state index contributed by atoms with van der Waals surface area (Å²) >= 11 is 12.9. The molecule has 1 rings (SSSR count). The zero-order chi connectivity index (χ0) is 15.3. The van der Waals surface area contributed by atoms with Gasteiger partial charge in [-0.2, -0.15) is 16.5 Å². The summed E-state index contributed by atoms with van der Waals surface area (Å²) in [6, 6.07) is 2.61. The molecule has 0 unspecified atom stereocenters. The normalized spacial score (nSPS) is 13.2. The molecule has 2 N–H and O–H groups in total. The van der Waals surface area contributed by atoms with Crippen molar-refractivity contribution in [3.05, 3.63) is 28.2 Å². The molecule has 0 heterocycles. The van der Waals surface area contributed by atoms with E-state index in [9.17, 15) is 13.2 Å². The zero-order valence-electron chi connectivity index (χ0n) is 10.5. The van der Waals surface area contributed by atoms with E-state index in [2.05, 4.69) is 4.72 Å². The van der Waals surface area contributed by atoms with Gasteiger partial charge in [0.05, 0.1) is 14.9 Å². The summed E-state index contributed by atoms with van der Waals surface area (Å²) in [5, 5.41) is 9.34. The van der Waals surface area contributed by atoms with Gasteiger partial charge in [-0.25, -0.2) is 8.42 Å². The molecule has 5 nitrogen and oxygen atoms in total. The zero-order valence-corrected chi connectivity index (χ0v) is 13.6. The number of carboxylic acids is 1. The van der Waals surface area contributed by atoms with Crippen molar-refractivity contribution in [2.75, 3.05) is 12.0 Å². The van der Waals surface area contributed by atoms with Crippen LogP contribution in [0.2, 0.25) is 10.0 Å². The van der Waals surface area contributed by atoms with Gasteiger partial charge in [0, 0.05) is 0 Å². The molecule has 1 atom stereocenters. The number of hydrogen-bond acceptors (Lipinski definition) is 4. The Labute approximate surface area is 131 Å². The summed E-state index contributed by atoms with van der Waals surface area (Å²) < 4.78 is 26.3. The molecule has 1 aromatic carbocycles. The Bertz CT molecular complexity index is 592. The van der Waals surface area contributed by atoms with Crippen LogP contribution in [0.3, 0.4) is 0 Å². The molecule has 0 aliphatic rings. The Kier molecular flexibility index (Phi) is 6.60. The molecule has 0 aliphatic carbocycles. The average molecular weight is 358 g/mol. The van der Waals surface area contributed by atoms with Gasteiger partial charge in [0.25, 0.3) is 0 Å². The highest BCUT2D eigenvalue weighted by atomic mass is 35.5. The number of carboxylic acid groups (broad SMARTS) is 1. The van der Waals surface area contributed by atoms with E-state index in [1.165, 1.54) is 30.0 Å². The number of aliphatic carboxylic acids is 1. The molecule has 0 saturated carbocycles. The molecule has 20 heavy (non-hydrogen) atoms. The third-order valence-corrected chi connectivity index (χ3v) is 5.26. The van der Waals surface area contributed by atoms with Crippen LogP contribution in [0.1, 0.15) is 6.42 Å². The fraction of sp³-hybridized carbons (Fsp3) is 0.364. The van der Waals surface area contributed by atoms with Crippen LogP contribution in [0.15, 0.2) is 23.1 Å². The van der Waals surface area contributed by atoms with Crippen molar-refractivity contribution in [2.24, 2.45) is 0 Å². The predicted molar refractivity (Wildman–Crippen MR) is 81.2 cm³/mol. The average Bonchev–Trinajstić information content (AvgIpc) is 2.37. The fourth-order valence-electron chi connectivity index (χ4n) is 1.37. The van der Waals surface area contributed by atoms with Gasteiger partial charge < -0.3 is 5.11 Å². The van der Waals surface area contributed by atoms with E-state index in [0.717, 1.165) is 0 Å². The number of thioether (sulfide) groups is 1. The number of sulfonamides is 1. The second-order valence-corrected chi connectivity index (χ2v) is 7.38. The highest BCUT2D eigenvalue weighted by Crippen LogP contribution is 2.24. The molecule has 0 fully saturated rings. The maximum Gasteiger partial charge on any atom is 0.321 e. The lowest BCUT2D eigenvalue weighted by Gasteiger charge is -2.14. The van der Waals surface area contributed by atoms with Crippen molar-refractivity contribution in [3.8, 4) is 0 Å². The van der Waals surface area contributed by atoms with Gasteiger partial charge in [0.2, 0.25) is 10.0 Å². The largest absolute Gasteiger partial charge is 0.480 e. The second-order valence-electron chi connectivity index (χ2n) is 3.87. The minimum Gasteiger partial charge on any atom is -0.480 e. The Morgan fingerprint density at radius 2 is 2.05 bits per heavy atom. The summed E-state index contributed by atoms with van der Waals surface area (Å²) in [6.07, 6.45) is 2.00. The Morgan fingerprint density at radius 3 is 2.55 bits per heavy atom. The van der Waals surface area contributed by atoms with E-state index in [0.29, 0.717) is 5.75 Å². The Balaban J connectivity index is 2.97. The lowest BCUT2D eigenvalue weighted by molar-refractivity contribution is -0.139. The van der Waals surface area contributed by atoms with Crippen LogP contribution >= 0.6 is 35.0 Å². The minimum atomic E-state index is -3.96. The first-order valence-electron chi connectivity index (χ1n) is 5.47. The summed E-state index contributed by atoms with van der Waals surface area (Å²) in [7, 11) is -3.96. The third kappa shape index (κ3) is 4.82. The van der Waals surface area contributed by atoms with Crippen LogP contribution < -0.4 is 4.72 Å². The highest BCUT2D eigenvalue weighted by molar-refractivity contribution is 7.98. The summed E-state index contributed by atoms with van der Waals surface area (Å²) in [6.45, 7) is 0. The van der Waals surface area contributed by atoms with Crippen LogP contribution in [0.5, 0.6) is 0 Å². The lowest BCUT2D eigenvalue weighted by atomic mass is 10.2. The number of carbonyl (C=O) groups is 1. The molecule has 0 spiro atoms. The van der Waals surface area contributed by atoms with Gasteiger partial charge in [0.1, 0.15) is 6.04 Å². The van der Waals surface area contributed by atoms with Crippen molar-refractivity contribution < 1.29 is 18.3 Å². The SMILES string of the molecule is CSCC[C@@H](NS(=O)(=O)c1ccc(Cl)c(Cl)c1)C(=O)O. The molecule has 0 aromatic heterocycles. The minimum absolute atomic E-state index is 0.0885. The van der Waals surface area contributed by atoms with Gasteiger partial charge in [-0.15, -0.1) is 0 Å². The van der Waals surface area contributed by atoms with Crippen molar-refractivity contribution in [1.29, 1.82) is 0 Å². The van der Waals surface area contributed by atoms with E-state index < -0.39 is 22.0 Å². The molecule has 0 aliphatic heterocycles. The van der Waals surface area contributed by atoms with Gasteiger partial charge >= 0.3 is 5.97 Å². The molecule has 1 aromatic rings. The van der Waals surface area contributed by atoms with E-state index in [4.69, 9.17) is 28.3 Å². The second kappa shape index (κ2) is 7.51. The van der Waals surface area contributed by atoms with E-state index in [1.807, 2.05) is 6.26 Å². The van der Waals surface area contributed by atoms with Crippen molar-refractivity contribution >= 4 is 51.0 Å². The Hall–Kier alpha value is -0.470. The summed E-state index contributed by atoms with van der Waals surface area (Å²) in [5.74, 6) is -0.691. The smallest absolute Gasteiger partial charge is 0.321 e. The van der Waals surface area contributed by atoms with Crippen LogP contribution in [0.25, 0.3) is 0 Å². The maximum atomic E-state index is 12.1. The van der Waals surface area contributed by atoms with Crippen LogP contribution in [-0.2, 0) is 14.8 Å². The van der Waals surface area contributed by atoms with E-state index >= 15 is 0 Å². The van der Waals surface area contributed by atoms with Crippen LogP contribution in [0.4, 0.5) is 0 Å². The summed E-state index contributed by atoms with van der Waals surface area (Å²) in [5.41, 5.74) is 0. The molecule has 0 bridgehead atoms. The van der Waals surface area contributed by atoms with Crippen LogP contribution in [-0.4, -0.2) is 37.5 Å². The van der Waals surface area contributed by atoms with Gasteiger partial charge in [-0.05, 0) is 36.6 Å². The monoisotopic (exact) mass is 357 g/mol. The van der Waals surface area contributed by atoms with Crippen LogP contribution in [0, 0.1) is 0 Å².